The van der Waals surface area contributed by atoms with Gasteiger partial charge in [0.05, 0.1) is 4.92 Å². The van der Waals surface area contributed by atoms with Gasteiger partial charge in [-0.2, -0.15) is 0 Å². The van der Waals surface area contributed by atoms with E-state index < -0.39 is 4.92 Å². The van der Waals surface area contributed by atoms with E-state index >= 15 is 0 Å². The van der Waals surface area contributed by atoms with Gasteiger partial charge in [-0.1, -0.05) is 24.3 Å². The van der Waals surface area contributed by atoms with E-state index in [1.54, 1.807) is 18.2 Å². The van der Waals surface area contributed by atoms with Crippen LogP contribution in [0.1, 0.15) is 11.8 Å². The van der Waals surface area contributed by atoms with Gasteiger partial charge in [0, 0.05) is 32.4 Å². The molecular formula is C18H21N3O4. The maximum absolute atomic E-state index is 11.0. The lowest BCUT2D eigenvalue weighted by Gasteiger charge is -2.16. The quantitative estimate of drug-likeness (QED) is 0.642. The molecule has 3 rings (SSSR count). The average Bonchev–Trinajstić information content (AvgIpc) is 3.09. The van der Waals surface area contributed by atoms with Gasteiger partial charge in [-0.15, -0.1) is 0 Å². The second-order valence-corrected chi connectivity index (χ2v) is 6.07. The van der Waals surface area contributed by atoms with Crippen LogP contribution in [-0.2, 0) is 4.74 Å². The molecule has 0 spiro atoms. The molecule has 0 aromatic heterocycles. The van der Waals surface area contributed by atoms with Crippen LogP contribution in [0.25, 0.3) is 0 Å². The largest absolute Gasteiger partial charge is 0.484 e. The molecule has 1 aliphatic rings. The van der Waals surface area contributed by atoms with E-state index in [4.69, 9.17) is 9.47 Å². The fourth-order valence-corrected chi connectivity index (χ4v) is 2.68. The predicted molar refractivity (Wildman–Crippen MR) is 95.0 cm³/mol. The van der Waals surface area contributed by atoms with Gasteiger partial charge in [0.1, 0.15) is 18.9 Å². The van der Waals surface area contributed by atoms with Crippen molar-refractivity contribution in [3.05, 3.63) is 64.2 Å². The highest BCUT2D eigenvalue weighted by Gasteiger charge is 2.27. The number of nitrogens with one attached hydrogen (secondary N) is 1. The number of nitrogens with zero attached hydrogens (tertiary/aromatic N) is 2. The Bertz CT molecular complexity index is 733. The number of anilines is 1. The van der Waals surface area contributed by atoms with Gasteiger partial charge in [-0.05, 0) is 23.8 Å². The van der Waals surface area contributed by atoms with Gasteiger partial charge in [0.25, 0.3) is 0 Å². The molecular weight excluding hydrogens is 322 g/mol. The highest BCUT2D eigenvalue weighted by molar-refractivity contribution is 5.46. The summed E-state index contributed by atoms with van der Waals surface area (Å²) in [6, 6.07) is 14.5. The SMILES string of the molecule is CN(C)c1ccc([C@H]2NC[C@H](COc3ccccc3[N+](=O)[O-])O2)cc1. The summed E-state index contributed by atoms with van der Waals surface area (Å²) < 4.78 is 11.6. The van der Waals surface area contributed by atoms with Gasteiger partial charge in [0.2, 0.25) is 0 Å². The molecule has 0 saturated carbocycles. The van der Waals surface area contributed by atoms with Crippen LogP contribution in [0.4, 0.5) is 11.4 Å². The normalized spacial score (nSPS) is 19.6. The van der Waals surface area contributed by atoms with Crippen molar-refractivity contribution >= 4 is 11.4 Å². The van der Waals surface area contributed by atoms with E-state index in [0.717, 1.165) is 11.3 Å². The van der Waals surface area contributed by atoms with Crippen LogP contribution in [0, 0.1) is 10.1 Å². The molecule has 0 radical (unpaired) electrons. The van der Waals surface area contributed by atoms with Crippen molar-refractivity contribution in [3.63, 3.8) is 0 Å². The number of rotatable bonds is 6. The number of hydrogen-bond acceptors (Lipinski definition) is 6. The molecule has 0 unspecified atom stereocenters. The zero-order valence-corrected chi connectivity index (χ0v) is 14.2. The summed E-state index contributed by atoms with van der Waals surface area (Å²) >= 11 is 0. The first-order chi connectivity index (χ1) is 12.0. The minimum Gasteiger partial charge on any atom is -0.484 e. The van der Waals surface area contributed by atoms with Crippen molar-refractivity contribution in [2.45, 2.75) is 12.3 Å². The summed E-state index contributed by atoms with van der Waals surface area (Å²) in [5, 5.41) is 14.3. The molecule has 1 N–H and O–H groups in total. The second-order valence-electron chi connectivity index (χ2n) is 6.07. The van der Waals surface area contributed by atoms with Crippen LogP contribution >= 0.6 is 0 Å². The first-order valence-electron chi connectivity index (χ1n) is 8.07. The molecule has 132 valence electrons. The van der Waals surface area contributed by atoms with E-state index in [0.29, 0.717) is 6.54 Å². The average molecular weight is 343 g/mol. The molecule has 7 heteroatoms. The molecule has 0 amide bonds. The topological polar surface area (TPSA) is 76.9 Å². The van der Waals surface area contributed by atoms with E-state index in [-0.39, 0.29) is 30.4 Å². The zero-order chi connectivity index (χ0) is 17.8. The Labute approximate surface area is 146 Å². The van der Waals surface area contributed by atoms with E-state index in [9.17, 15) is 10.1 Å². The molecule has 1 aliphatic heterocycles. The van der Waals surface area contributed by atoms with Crippen molar-refractivity contribution < 1.29 is 14.4 Å². The molecule has 1 heterocycles. The highest BCUT2D eigenvalue weighted by Crippen LogP contribution is 2.28. The number of nitro groups is 1. The first-order valence-corrected chi connectivity index (χ1v) is 8.07. The Morgan fingerprint density at radius 2 is 1.96 bits per heavy atom. The smallest absolute Gasteiger partial charge is 0.310 e. The standard InChI is InChI=1S/C18H21N3O4/c1-20(2)14-9-7-13(8-10-14)18-19-11-15(25-18)12-24-17-6-4-3-5-16(17)21(22)23/h3-10,15,18-19H,11-12H2,1-2H3/t15-,18+/m1/s1. The minimum atomic E-state index is -0.446. The van der Waals surface area contributed by atoms with E-state index in [2.05, 4.69) is 5.32 Å². The molecule has 0 aliphatic carbocycles. The van der Waals surface area contributed by atoms with Crippen molar-refractivity contribution in [1.82, 2.24) is 5.32 Å². The minimum absolute atomic E-state index is 0.0377. The number of benzene rings is 2. The van der Waals surface area contributed by atoms with Gasteiger partial charge >= 0.3 is 5.69 Å². The van der Waals surface area contributed by atoms with Gasteiger partial charge in [0.15, 0.2) is 5.75 Å². The van der Waals surface area contributed by atoms with Gasteiger partial charge < -0.3 is 14.4 Å². The third kappa shape index (κ3) is 4.07. The van der Waals surface area contributed by atoms with Crippen LogP contribution in [0.5, 0.6) is 5.75 Å². The van der Waals surface area contributed by atoms with Crippen LogP contribution in [0.15, 0.2) is 48.5 Å². The lowest BCUT2D eigenvalue weighted by Crippen LogP contribution is -2.22. The fourth-order valence-electron chi connectivity index (χ4n) is 2.68. The molecule has 1 saturated heterocycles. The molecule has 2 aromatic carbocycles. The van der Waals surface area contributed by atoms with Crippen molar-refractivity contribution in [1.29, 1.82) is 0 Å². The summed E-state index contributed by atoms with van der Waals surface area (Å²) in [5.74, 6) is 0.259. The Morgan fingerprint density at radius 3 is 2.64 bits per heavy atom. The Balaban J connectivity index is 1.57. The predicted octanol–water partition coefficient (Wildman–Crippen LogP) is 2.73. The van der Waals surface area contributed by atoms with Crippen molar-refractivity contribution in [2.75, 3.05) is 32.1 Å². The van der Waals surface area contributed by atoms with Gasteiger partial charge in [-0.25, -0.2) is 0 Å². The first kappa shape index (κ1) is 17.2. The van der Waals surface area contributed by atoms with Crippen molar-refractivity contribution in [3.8, 4) is 5.75 Å². The third-order valence-electron chi connectivity index (χ3n) is 4.06. The summed E-state index contributed by atoms with van der Waals surface area (Å²) in [7, 11) is 3.99. The third-order valence-corrected chi connectivity index (χ3v) is 4.06. The molecule has 1 fully saturated rings. The Kier molecular flexibility index (Phi) is 5.16. The second kappa shape index (κ2) is 7.50. The highest BCUT2D eigenvalue weighted by atomic mass is 16.6. The zero-order valence-electron chi connectivity index (χ0n) is 14.2. The molecule has 7 nitrogen and oxygen atoms in total. The summed E-state index contributed by atoms with van der Waals surface area (Å²) in [6.07, 6.45) is -0.367. The number of para-hydroxylation sites is 2. The van der Waals surface area contributed by atoms with Crippen LogP contribution in [0.3, 0.4) is 0 Å². The summed E-state index contributed by atoms with van der Waals surface area (Å²) in [6.45, 7) is 0.880. The number of nitro benzene ring substituents is 1. The van der Waals surface area contributed by atoms with E-state index in [1.807, 2.05) is 43.3 Å². The van der Waals surface area contributed by atoms with Crippen LogP contribution in [-0.4, -0.2) is 38.3 Å². The summed E-state index contributed by atoms with van der Waals surface area (Å²) in [5.41, 5.74) is 2.13. The van der Waals surface area contributed by atoms with Crippen LogP contribution < -0.4 is 15.0 Å². The maximum atomic E-state index is 11.0. The summed E-state index contributed by atoms with van der Waals surface area (Å²) in [4.78, 5) is 12.6. The monoisotopic (exact) mass is 343 g/mol. The number of hydrogen-bond donors (Lipinski definition) is 1. The Hall–Kier alpha value is -2.64. The molecule has 0 bridgehead atoms. The fraction of sp³-hybridized carbons (Fsp3) is 0.333. The van der Waals surface area contributed by atoms with Crippen molar-refractivity contribution in [2.24, 2.45) is 0 Å². The van der Waals surface area contributed by atoms with Gasteiger partial charge in [-0.3, -0.25) is 15.4 Å². The molecule has 2 aromatic rings. The lowest BCUT2D eigenvalue weighted by molar-refractivity contribution is -0.385. The van der Waals surface area contributed by atoms with Crippen LogP contribution in [0.2, 0.25) is 0 Å². The Morgan fingerprint density at radius 1 is 1.24 bits per heavy atom. The van der Waals surface area contributed by atoms with E-state index in [1.165, 1.54) is 6.07 Å². The molecule has 25 heavy (non-hydrogen) atoms. The lowest BCUT2D eigenvalue weighted by atomic mass is 10.2. The molecule has 2 atom stereocenters. The maximum Gasteiger partial charge on any atom is 0.310 e. The number of ether oxygens (including phenoxy) is 2.